The number of anilines is 2. The molecule has 3 rings (SSSR count). The van der Waals surface area contributed by atoms with Crippen molar-refractivity contribution in [3.8, 4) is 0 Å². The van der Waals surface area contributed by atoms with Crippen LogP contribution in [0.2, 0.25) is 0 Å². The predicted octanol–water partition coefficient (Wildman–Crippen LogP) is 3.97. The SMILES string of the molecule is C[P+](C)(C)c1ccc(N2C=CN(c3ccccc3)C2)cc1. The van der Waals surface area contributed by atoms with Gasteiger partial charge in [-0.25, -0.2) is 0 Å². The lowest BCUT2D eigenvalue weighted by Gasteiger charge is -2.22. The van der Waals surface area contributed by atoms with E-state index in [-0.39, 0.29) is 0 Å². The Balaban J connectivity index is 1.74. The Morgan fingerprint density at radius 1 is 0.714 bits per heavy atom. The van der Waals surface area contributed by atoms with Crippen LogP contribution in [0.1, 0.15) is 0 Å². The lowest BCUT2D eigenvalue weighted by atomic mass is 10.3. The highest BCUT2D eigenvalue weighted by Crippen LogP contribution is 2.45. The summed E-state index contributed by atoms with van der Waals surface area (Å²) in [5.41, 5.74) is 2.48. The summed E-state index contributed by atoms with van der Waals surface area (Å²) in [7, 11) is -0.926. The highest BCUT2D eigenvalue weighted by atomic mass is 31.2. The smallest absolute Gasteiger partial charge is 0.0989 e. The Morgan fingerprint density at radius 3 is 1.76 bits per heavy atom. The molecule has 0 saturated carbocycles. The summed E-state index contributed by atoms with van der Waals surface area (Å²) in [5.74, 6) is 0. The molecular weight excluding hydrogens is 275 g/mol. The van der Waals surface area contributed by atoms with Crippen molar-refractivity contribution in [3.05, 3.63) is 67.0 Å². The summed E-state index contributed by atoms with van der Waals surface area (Å²) in [5, 5.41) is 1.48. The van der Waals surface area contributed by atoms with Crippen molar-refractivity contribution in [1.29, 1.82) is 0 Å². The Morgan fingerprint density at radius 2 is 1.24 bits per heavy atom. The van der Waals surface area contributed by atoms with E-state index in [1.54, 1.807) is 0 Å². The van der Waals surface area contributed by atoms with Crippen molar-refractivity contribution in [2.45, 2.75) is 0 Å². The Labute approximate surface area is 128 Å². The van der Waals surface area contributed by atoms with Crippen molar-refractivity contribution in [2.24, 2.45) is 0 Å². The normalized spacial score (nSPS) is 14.8. The summed E-state index contributed by atoms with van der Waals surface area (Å²) in [4.78, 5) is 4.53. The fourth-order valence-electron chi connectivity index (χ4n) is 2.47. The van der Waals surface area contributed by atoms with Gasteiger partial charge in [-0.3, -0.25) is 0 Å². The van der Waals surface area contributed by atoms with E-state index in [0.29, 0.717) is 0 Å². The first-order valence-electron chi connectivity index (χ1n) is 7.23. The molecule has 0 fully saturated rings. The number of para-hydroxylation sites is 1. The highest BCUT2D eigenvalue weighted by molar-refractivity contribution is 7.80. The molecule has 0 aliphatic carbocycles. The third kappa shape index (κ3) is 3.11. The van der Waals surface area contributed by atoms with Gasteiger partial charge in [0, 0.05) is 31.0 Å². The van der Waals surface area contributed by atoms with Crippen LogP contribution in [0.15, 0.2) is 67.0 Å². The minimum atomic E-state index is -0.926. The molecule has 0 N–H and O–H groups in total. The molecule has 0 bridgehead atoms. The van der Waals surface area contributed by atoms with Crippen LogP contribution < -0.4 is 15.1 Å². The van der Waals surface area contributed by atoms with E-state index < -0.39 is 7.26 Å². The van der Waals surface area contributed by atoms with Gasteiger partial charge in [0.05, 0.1) is 32.0 Å². The number of benzene rings is 2. The third-order valence-electron chi connectivity index (χ3n) is 3.78. The Kier molecular flexibility index (Phi) is 3.73. The van der Waals surface area contributed by atoms with E-state index in [4.69, 9.17) is 0 Å². The number of hydrogen-bond donors (Lipinski definition) is 0. The molecule has 2 aromatic rings. The summed E-state index contributed by atoms with van der Waals surface area (Å²) < 4.78 is 0. The van der Waals surface area contributed by atoms with Gasteiger partial charge >= 0.3 is 0 Å². The molecule has 0 aromatic heterocycles. The largest absolute Gasteiger partial charge is 0.328 e. The quantitative estimate of drug-likeness (QED) is 0.791. The van der Waals surface area contributed by atoms with Crippen LogP contribution in [0.25, 0.3) is 0 Å². The number of hydrogen-bond acceptors (Lipinski definition) is 2. The Hall–Kier alpha value is -1.79. The molecule has 3 heteroatoms. The summed E-state index contributed by atoms with van der Waals surface area (Å²) >= 11 is 0. The summed E-state index contributed by atoms with van der Waals surface area (Å²) in [6.45, 7) is 7.94. The first-order chi connectivity index (χ1) is 10.0. The second-order valence-corrected chi connectivity index (χ2v) is 10.8. The van der Waals surface area contributed by atoms with Crippen LogP contribution in [-0.4, -0.2) is 26.7 Å². The molecule has 1 aliphatic heterocycles. The van der Waals surface area contributed by atoms with Crippen molar-refractivity contribution >= 4 is 23.9 Å². The minimum Gasteiger partial charge on any atom is -0.328 e. The standard InChI is InChI=1S/C18H22N2P/c1-21(2,3)18-11-9-17(10-12-18)20-14-13-19(15-20)16-7-5-4-6-8-16/h4-14H,15H2,1-3H3/q+1. The van der Waals surface area contributed by atoms with Crippen LogP contribution in [0, 0.1) is 0 Å². The molecule has 108 valence electrons. The average molecular weight is 297 g/mol. The topological polar surface area (TPSA) is 6.48 Å². The van der Waals surface area contributed by atoms with Crippen LogP contribution in [-0.2, 0) is 0 Å². The van der Waals surface area contributed by atoms with Crippen LogP contribution >= 0.6 is 7.26 Å². The first-order valence-corrected chi connectivity index (χ1v) is 10.4. The van der Waals surface area contributed by atoms with Gasteiger partial charge in [-0.05, 0) is 36.4 Å². The third-order valence-corrected chi connectivity index (χ3v) is 5.62. The average Bonchev–Trinajstić information content (AvgIpc) is 2.97. The number of nitrogens with zero attached hydrogens (tertiary/aromatic N) is 2. The maximum atomic E-state index is 2.36. The van der Waals surface area contributed by atoms with E-state index >= 15 is 0 Å². The zero-order valence-electron chi connectivity index (χ0n) is 12.9. The molecular formula is C18H22N2P+. The minimum absolute atomic E-state index is 0.869. The second kappa shape index (κ2) is 5.54. The summed E-state index contributed by atoms with van der Waals surface area (Å²) in [6, 6.07) is 19.5. The molecule has 2 aromatic carbocycles. The van der Waals surface area contributed by atoms with Crippen molar-refractivity contribution < 1.29 is 0 Å². The van der Waals surface area contributed by atoms with E-state index in [1.807, 2.05) is 0 Å². The monoisotopic (exact) mass is 297 g/mol. The van der Waals surface area contributed by atoms with Gasteiger partial charge < -0.3 is 9.80 Å². The number of rotatable bonds is 3. The van der Waals surface area contributed by atoms with Gasteiger partial charge in [0.25, 0.3) is 0 Å². The predicted molar refractivity (Wildman–Crippen MR) is 96.2 cm³/mol. The van der Waals surface area contributed by atoms with E-state index in [0.717, 1.165) is 6.67 Å². The molecule has 0 saturated heterocycles. The lowest BCUT2D eigenvalue weighted by molar-refractivity contribution is 0.976. The van der Waals surface area contributed by atoms with Crippen LogP contribution in [0.4, 0.5) is 11.4 Å². The van der Waals surface area contributed by atoms with Gasteiger partial charge in [0.1, 0.15) is 0 Å². The van der Waals surface area contributed by atoms with E-state index in [9.17, 15) is 0 Å². The van der Waals surface area contributed by atoms with Crippen LogP contribution in [0.3, 0.4) is 0 Å². The zero-order chi connectivity index (χ0) is 14.9. The Bertz CT molecular complexity index is 627. The lowest BCUT2D eigenvalue weighted by Crippen LogP contribution is -2.24. The van der Waals surface area contributed by atoms with Gasteiger partial charge in [-0.1, -0.05) is 18.2 Å². The van der Waals surface area contributed by atoms with Gasteiger partial charge in [0.15, 0.2) is 0 Å². The molecule has 21 heavy (non-hydrogen) atoms. The molecule has 0 atom stereocenters. The zero-order valence-corrected chi connectivity index (χ0v) is 13.8. The molecule has 1 aliphatic rings. The second-order valence-electron chi connectivity index (χ2n) is 6.24. The van der Waals surface area contributed by atoms with Gasteiger partial charge in [0.2, 0.25) is 0 Å². The van der Waals surface area contributed by atoms with Crippen LogP contribution in [0.5, 0.6) is 0 Å². The summed E-state index contributed by atoms with van der Waals surface area (Å²) in [6.07, 6.45) is 4.29. The molecule has 0 spiro atoms. The molecule has 0 amide bonds. The van der Waals surface area contributed by atoms with E-state index in [1.165, 1.54) is 16.7 Å². The maximum Gasteiger partial charge on any atom is 0.0989 e. The van der Waals surface area contributed by atoms with E-state index in [2.05, 4.69) is 96.8 Å². The van der Waals surface area contributed by atoms with Crippen molar-refractivity contribution in [2.75, 3.05) is 36.5 Å². The van der Waals surface area contributed by atoms with Gasteiger partial charge in [-0.15, -0.1) is 0 Å². The van der Waals surface area contributed by atoms with Crippen molar-refractivity contribution in [3.63, 3.8) is 0 Å². The fraction of sp³-hybridized carbons (Fsp3) is 0.222. The van der Waals surface area contributed by atoms with Gasteiger partial charge in [-0.2, -0.15) is 0 Å². The first kappa shape index (κ1) is 14.2. The maximum absolute atomic E-state index is 2.36. The molecule has 0 radical (unpaired) electrons. The molecule has 0 unspecified atom stereocenters. The van der Waals surface area contributed by atoms with Crippen molar-refractivity contribution in [1.82, 2.24) is 0 Å². The fourth-order valence-corrected chi connectivity index (χ4v) is 3.51. The molecule has 2 nitrogen and oxygen atoms in total. The highest BCUT2D eigenvalue weighted by Gasteiger charge is 2.21. The molecule has 1 heterocycles.